The first-order valence-electron chi connectivity index (χ1n) is 9.09. The summed E-state index contributed by atoms with van der Waals surface area (Å²) in [5, 5.41) is 3.47. The molecule has 5 heteroatoms. The van der Waals surface area contributed by atoms with Crippen LogP contribution in [0.4, 0.5) is 0 Å². The number of hydrogen-bond donors (Lipinski definition) is 1. The Hall–Kier alpha value is -1.88. The third-order valence-corrected chi connectivity index (χ3v) is 4.94. The molecule has 3 heterocycles. The zero-order valence-corrected chi connectivity index (χ0v) is 14.9. The van der Waals surface area contributed by atoms with Gasteiger partial charge in [0.1, 0.15) is 0 Å². The van der Waals surface area contributed by atoms with Crippen LogP contribution >= 0.6 is 0 Å². The maximum atomic E-state index is 4.87. The molecule has 2 aliphatic rings. The van der Waals surface area contributed by atoms with E-state index in [9.17, 15) is 0 Å². The summed E-state index contributed by atoms with van der Waals surface area (Å²) in [7, 11) is 0. The van der Waals surface area contributed by atoms with Gasteiger partial charge in [0.2, 0.25) is 0 Å². The van der Waals surface area contributed by atoms with Gasteiger partial charge in [-0.2, -0.15) is 0 Å². The Morgan fingerprint density at radius 3 is 2.96 bits per heavy atom. The molecule has 0 radical (unpaired) electrons. The van der Waals surface area contributed by atoms with Crippen molar-refractivity contribution in [2.24, 2.45) is 4.99 Å². The van der Waals surface area contributed by atoms with Crippen molar-refractivity contribution in [1.82, 2.24) is 20.1 Å². The minimum atomic E-state index is 0.659. The number of nitrogens with zero attached hydrogens (tertiary/aromatic N) is 4. The fourth-order valence-electron chi connectivity index (χ4n) is 3.52. The number of pyridine rings is 1. The molecule has 1 aromatic heterocycles. The summed E-state index contributed by atoms with van der Waals surface area (Å²) >= 11 is 0. The van der Waals surface area contributed by atoms with Crippen LogP contribution in [0.5, 0.6) is 0 Å². The van der Waals surface area contributed by atoms with Crippen LogP contribution in [0, 0.1) is 6.92 Å². The Balaban J connectivity index is 1.56. The molecule has 5 nitrogen and oxygen atoms in total. The molecule has 0 spiro atoms. The van der Waals surface area contributed by atoms with Gasteiger partial charge in [-0.15, -0.1) is 0 Å². The van der Waals surface area contributed by atoms with Gasteiger partial charge in [0, 0.05) is 57.7 Å². The molecule has 3 rings (SSSR count). The molecule has 0 bridgehead atoms. The Morgan fingerprint density at radius 2 is 2.21 bits per heavy atom. The SMILES string of the molecule is CCNC(=NCCc1ccncc1C)N1CCC(N2CC=CC2)C1. The monoisotopic (exact) mass is 327 g/mol. The van der Waals surface area contributed by atoms with E-state index in [1.165, 1.54) is 17.5 Å². The van der Waals surface area contributed by atoms with Crippen molar-refractivity contribution in [3.63, 3.8) is 0 Å². The molecule has 1 N–H and O–H groups in total. The van der Waals surface area contributed by atoms with Crippen LogP contribution in [0.25, 0.3) is 0 Å². The lowest BCUT2D eigenvalue weighted by Crippen LogP contribution is -2.43. The van der Waals surface area contributed by atoms with Crippen molar-refractivity contribution in [3.8, 4) is 0 Å². The number of guanidine groups is 1. The van der Waals surface area contributed by atoms with E-state index in [0.717, 1.165) is 51.6 Å². The van der Waals surface area contributed by atoms with Crippen molar-refractivity contribution in [3.05, 3.63) is 41.7 Å². The third kappa shape index (κ3) is 4.15. The number of aromatic nitrogens is 1. The first kappa shape index (κ1) is 17.0. The second-order valence-corrected chi connectivity index (χ2v) is 6.60. The van der Waals surface area contributed by atoms with E-state index in [2.05, 4.69) is 52.2 Å². The van der Waals surface area contributed by atoms with E-state index >= 15 is 0 Å². The molecular formula is C19H29N5. The molecule has 1 fully saturated rings. The van der Waals surface area contributed by atoms with E-state index in [1.54, 1.807) is 0 Å². The van der Waals surface area contributed by atoms with Gasteiger partial charge in [-0.3, -0.25) is 14.9 Å². The highest BCUT2D eigenvalue weighted by Crippen LogP contribution is 2.18. The van der Waals surface area contributed by atoms with Crippen LogP contribution in [0.15, 0.2) is 35.6 Å². The van der Waals surface area contributed by atoms with E-state index in [0.29, 0.717) is 6.04 Å². The van der Waals surface area contributed by atoms with Crippen LogP contribution < -0.4 is 5.32 Å². The summed E-state index contributed by atoms with van der Waals surface area (Å²) in [6, 6.07) is 2.76. The highest BCUT2D eigenvalue weighted by atomic mass is 15.3. The molecule has 1 unspecified atom stereocenters. The number of aryl methyl sites for hydroxylation is 1. The van der Waals surface area contributed by atoms with Crippen LogP contribution in [-0.2, 0) is 6.42 Å². The molecule has 0 aliphatic carbocycles. The standard InChI is InChI=1S/C19H29N5/c1-3-21-19(22-10-7-17-6-9-20-14-16(17)2)24-13-8-18(15-24)23-11-4-5-12-23/h4-6,9,14,18H,3,7-8,10-13,15H2,1-2H3,(H,21,22). The highest BCUT2D eigenvalue weighted by molar-refractivity contribution is 5.80. The molecule has 0 amide bonds. The Morgan fingerprint density at radius 1 is 1.38 bits per heavy atom. The zero-order valence-electron chi connectivity index (χ0n) is 14.9. The number of aliphatic imine (C=N–C) groups is 1. The van der Waals surface area contributed by atoms with Crippen LogP contribution in [0.1, 0.15) is 24.5 Å². The van der Waals surface area contributed by atoms with Gasteiger partial charge >= 0.3 is 0 Å². The molecule has 0 saturated carbocycles. The first-order chi connectivity index (χ1) is 11.8. The normalized spacial score (nSPS) is 21.7. The minimum absolute atomic E-state index is 0.659. The molecule has 24 heavy (non-hydrogen) atoms. The average molecular weight is 327 g/mol. The van der Waals surface area contributed by atoms with Gasteiger partial charge in [-0.25, -0.2) is 0 Å². The highest BCUT2D eigenvalue weighted by Gasteiger charge is 2.29. The smallest absolute Gasteiger partial charge is 0.193 e. The average Bonchev–Trinajstić information content (AvgIpc) is 3.27. The number of rotatable bonds is 5. The number of nitrogens with one attached hydrogen (secondary N) is 1. The molecule has 2 aliphatic heterocycles. The van der Waals surface area contributed by atoms with Gasteiger partial charge in [-0.1, -0.05) is 12.2 Å². The van der Waals surface area contributed by atoms with Crippen LogP contribution in [0.2, 0.25) is 0 Å². The van der Waals surface area contributed by atoms with Crippen molar-refractivity contribution < 1.29 is 0 Å². The minimum Gasteiger partial charge on any atom is -0.357 e. The zero-order chi connectivity index (χ0) is 16.8. The lowest BCUT2D eigenvalue weighted by molar-refractivity contribution is 0.259. The van der Waals surface area contributed by atoms with Crippen molar-refractivity contribution in [2.75, 3.05) is 39.3 Å². The predicted molar refractivity (Wildman–Crippen MR) is 99.3 cm³/mol. The van der Waals surface area contributed by atoms with Gasteiger partial charge in [0.05, 0.1) is 0 Å². The topological polar surface area (TPSA) is 43.8 Å². The Bertz CT molecular complexity index is 587. The lowest BCUT2D eigenvalue weighted by Gasteiger charge is -2.25. The van der Waals surface area contributed by atoms with Gasteiger partial charge < -0.3 is 10.2 Å². The summed E-state index contributed by atoms with van der Waals surface area (Å²) in [5.74, 6) is 1.07. The molecule has 130 valence electrons. The number of likely N-dealkylation sites (tertiary alicyclic amines) is 1. The molecular weight excluding hydrogens is 298 g/mol. The molecule has 1 aromatic rings. The lowest BCUT2D eigenvalue weighted by atomic mass is 10.1. The van der Waals surface area contributed by atoms with Crippen LogP contribution in [-0.4, -0.2) is 66.1 Å². The predicted octanol–water partition coefficient (Wildman–Crippen LogP) is 1.84. The molecule has 0 aromatic carbocycles. The van der Waals surface area contributed by atoms with E-state index in [1.807, 2.05) is 12.4 Å². The van der Waals surface area contributed by atoms with Crippen LogP contribution in [0.3, 0.4) is 0 Å². The second kappa shape index (κ2) is 8.29. The van der Waals surface area contributed by atoms with Crippen molar-refractivity contribution >= 4 is 5.96 Å². The molecule has 1 atom stereocenters. The second-order valence-electron chi connectivity index (χ2n) is 6.60. The quantitative estimate of drug-likeness (QED) is 0.509. The number of hydrogen-bond acceptors (Lipinski definition) is 3. The summed E-state index contributed by atoms with van der Waals surface area (Å²) in [4.78, 5) is 14.0. The van der Waals surface area contributed by atoms with Gasteiger partial charge in [0.25, 0.3) is 0 Å². The van der Waals surface area contributed by atoms with E-state index in [4.69, 9.17) is 4.99 Å². The Labute approximate surface area is 145 Å². The maximum absolute atomic E-state index is 4.87. The van der Waals surface area contributed by atoms with Crippen molar-refractivity contribution in [1.29, 1.82) is 0 Å². The Kier molecular flexibility index (Phi) is 5.86. The fraction of sp³-hybridized carbons (Fsp3) is 0.579. The van der Waals surface area contributed by atoms with Gasteiger partial charge in [-0.05, 0) is 43.9 Å². The summed E-state index contributed by atoms with van der Waals surface area (Å²) in [6.45, 7) is 10.4. The van der Waals surface area contributed by atoms with E-state index < -0.39 is 0 Å². The van der Waals surface area contributed by atoms with Crippen molar-refractivity contribution in [2.45, 2.75) is 32.7 Å². The van der Waals surface area contributed by atoms with E-state index in [-0.39, 0.29) is 0 Å². The largest absolute Gasteiger partial charge is 0.357 e. The summed E-state index contributed by atoms with van der Waals surface area (Å²) in [6.07, 6.45) is 10.6. The first-order valence-corrected chi connectivity index (χ1v) is 9.09. The summed E-state index contributed by atoms with van der Waals surface area (Å²) < 4.78 is 0. The maximum Gasteiger partial charge on any atom is 0.193 e. The van der Waals surface area contributed by atoms with Gasteiger partial charge in [0.15, 0.2) is 5.96 Å². The fourth-order valence-corrected chi connectivity index (χ4v) is 3.52. The molecule has 1 saturated heterocycles. The third-order valence-electron chi connectivity index (χ3n) is 4.94. The summed E-state index contributed by atoms with van der Waals surface area (Å²) in [5.41, 5.74) is 2.59.